The quantitative estimate of drug-likeness (QED) is 0.738. The Morgan fingerprint density at radius 3 is 3.00 bits per heavy atom. The van der Waals surface area contributed by atoms with Crippen molar-refractivity contribution in [2.24, 2.45) is 0 Å². The molecule has 1 aromatic heterocycles. The van der Waals surface area contributed by atoms with Gasteiger partial charge in [0.25, 0.3) is 0 Å². The molecule has 0 aliphatic heterocycles. The van der Waals surface area contributed by atoms with Crippen molar-refractivity contribution < 1.29 is 0 Å². The highest BCUT2D eigenvalue weighted by atomic mass is 14.9. The van der Waals surface area contributed by atoms with Crippen molar-refractivity contribution >= 4 is 5.70 Å². The summed E-state index contributed by atoms with van der Waals surface area (Å²) in [5.41, 5.74) is 3.09. The lowest BCUT2D eigenvalue weighted by Gasteiger charge is -2.08. The van der Waals surface area contributed by atoms with Crippen molar-refractivity contribution in [2.45, 2.75) is 13.5 Å². The Labute approximate surface area is 85.3 Å². The molecule has 0 fully saturated rings. The predicted molar refractivity (Wildman–Crippen MR) is 59.7 cm³/mol. The first-order valence-corrected chi connectivity index (χ1v) is 4.80. The molecule has 0 aliphatic carbocycles. The fourth-order valence-corrected chi connectivity index (χ4v) is 1.26. The minimum atomic E-state index is 0.785. The van der Waals surface area contributed by atoms with Gasteiger partial charge in [0.15, 0.2) is 0 Å². The van der Waals surface area contributed by atoms with E-state index in [-0.39, 0.29) is 0 Å². The van der Waals surface area contributed by atoms with Gasteiger partial charge in [-0.2, -0.15) is 0 Å². The highest BCUT2D eigenvalue weighted by molar-refractivity contribution is 5.61. The summed E-state index contributed by atoms with van der Waals surface area (Å²) < 4.78 is 0. The largest absolute Gasteiger partial charge is 0.385 e. The molecule has 0 atom stereocenters. The molecule has 2 N–H and O–H groups in total. The Bertz CT molecular complexity index is 307. The first kappa shape index (κ1) is 10.7. The fraction of sp³-hybridized carbons (Fsp3) is 0.364. The molecule has 3 nitrogen and oxygen atoms in total. The van der Waals surface area contributed by atoms with Gasteiger partial charge in [-0.05, 0) is 26.1 Å². The number of hydrogen-bond donors (Lipinski definition) is 2. The van der Waals surface area contributed by atoms with E-state index < -0.39 is 0 Å². The van der Waals surface area contributed by atoms with Crippen LogP contribution in [0, 0.1) is 0 Å². The highest BCUT2D eigenvalue weighted by Crippen LogP contribution is 2.09. The molecule has 0 bridgehead atoms. The molecule has 1 heterocycles. The third-order valence-electron chi connectivity index (χ3n) is 1.91. The fourth-order valence-electron chi connectivity index (χ4n) is 1.26. The predicted octanol–water partition coefficient (Wildman–Crippen LogP) is 1.38. The molecule has 14 heavy (non-hydrogen) atoms. The molecule has 0 amide bonds. The summed E-state index contributed by atoms with van der Waals surface area (Å²) in [5, 5.41) is 6.26. The van der Waals surface area contributed by atoms with E-state index in [2.05, 4.69) is 29.1 Å². The van der Waals surface area contributed by atoms with Gasteiger partial charge in [-0.25, -0.2) is 0 Å². The molecule has 0 unspecified atom stereocenters. The van der Waals surface area contributed by atoms with Crippen molar-refractivity contribution in [3.8, 4) is 0 Å². The van der Waals surface area contributed by atoms with Gasteiger partial charge in [-0.3, -0.25) is 4.98 Å². The molecule has 0 saturated heterocycles. The zero-order chi connectivity index (χ0) is 10.4. The third-order valence-corrected chi connectivity index (χ3v) is 1.91. The molecule has 0 radical (unpaired) electrons. The van der Waals surface area contributed by atoms with Gasteiger partial charge in [0.2, 0.25) is 0 Å². The maximum Gasteiger partial charge on any atom is 0.0548 e. The van der Waals surface area contributed by atoms with Crippen molar-refractivity contribution in [1.29, 1.82) is 0 Å². The highest BCUT2D eigenvalue weighted by Gasteiger charge is 1.99. The average Bonchev–Trinajstić information content (AvgIpc) is 2.19. The van der Waals surface area contributed by atoms with E-state index in [1.54, 1.807) is 0 Å². The number of nitrogens with one attached hydrogen (secondary N) is 2. The lowest BCUT2D eigenvalue weighted by molar-refractivity contribution is 0.790. The summed E-state index contributed by atoms with van der Waals surface area (Å²) in [6, 6.07) is 4.01. The lowest BCUT2D eigenvalue weighted by atomic mass is 10.2. The first-order chi connectivity index (χ1) is 6.77. The van der Waals surface area contributed by atoms with Gasteiger partial charge >= 0.3 is 0 Å². The molecule has 1 rings (SSSR count). The van der Waals surface area contributed by atoms with E-state index in [4.69, 9.17) is 0 Å². The van der Waals surface area contributed by atoms with Crippen LogP contribution in [0.3, 0.4) is 0 Å². The van der Waals surface area contributed by atoms with Gasteiger partial charge < -0.3 is 10.6 Å². The lowest BCUT2D eigenvalue weighted by Crippen LogP contribution is -2.11. The minimum Gasteiger partial charge on any atom is -0.385 e. The normalized spacial score (nSPS) is 9.86. The summed E-state index contributed by atoms with van der Waals surface area (Å²) in [6.45, 7) is 7.69. The first-order valence-electron chi connectivity index (χ1n) is 4.80. The van der Waals surface area contributed by atoms with E-state index in [0.717, 1.165) is 30.0 Å². The van der Waals surface area contributed by atoms with Crippen LogP contribution in [-0.2, 0) is 6.54 Å². The Hall–Kier alpha value is -1.35. The van der Waals surface area contributed by atoms with Gasteiger partial charge in [0, 0.05) is 30.5 Å². The summed E-state index contributed by atoms with van der Waals surface area (Å²) in [4.78, 5) is 4.24. The monoisotopic (exact) mass is 191 g/mol. The molecular formula is C11H17N3. The standard InChI is InChI=1S/C11H17N3/c1-4-13-9(2)10-5-6-14-11(7-10)8-12-3/h5-7,12-13H,2,4,8H2,1,3H3. The van der Waals surface area contributed by atoms with Crippen LogP contribution in [0.2, 0.25) is 0 Å². The summed E-state index contributed by atoms with van der Waals surface area (Å²) in [7, 11) is 1.91. The molecule has 76 valence electrons. The second kappa shape index (κ2) is 5.40. The van der Waals surface area contributed by atoms with Gasteiger partial charge in [0.05, 0.1) is 5.69 Å². The van der Waals surface area contributed by atoms with Crippen LogP contribution in [0.25, 0.3) is 5.70 Å². The molecule has 0 spiro atoms. The van der Waals surface area contributed by atoms with Crippen LogP contribution in [0.15, 0.2) is 24.9 Å². The second-order valence-corrected chi connectivity index (χ2v) is 3.08. The van der Waals surface area contributed by atoms with Crippen LogP contribution in [0.4, 0.5) is 0 Å². The number of nitrogens with zero attached hydrogens (tertiary/aromatic N) is 1. The summed E-state index contributed by atoms with van der Waals surface area (Å²) >= 11 is 0. The number of pyridine rings is 1. The van der Waals surface area contributed by atoms with E-state index in [0.29, 0.717) is 0 Å². The maximum atomic E-state index is 4.24. The van der Waals surface area contributed by atoms with E-state index >= 15 is 0 Å². The second-order valence-electron chi connectivity index (χ2n) is 3.08. The Kier molecular flexibility index (Phi) is 4.13. The van der Waals surface area contributed by atoms with E-state index in [9.17, 15) is 0 Å². The van der Waals surface area contributed by atoms with Crippen molar-refractivity contribution in [2.75, 3.05) is 13.6 Å². The molecule has 3 heteroatoms. The smallest absolute Gasteiger partial charge is 0.0548 e. The number of hydrogen-bond acceptors (Lipinski definition) is 3. The molecule has 0 aliphatic rings. The third kappa shape index (κ3) is 2.85. The van der Waals surface area contributed by atoms with E-state index in [1.165, 1.54) is 0 Å². The van der Waals surface area contributed by atoms with Gasteiger partial charge in [0.1, 0.15) is 0 Å². The molecule has 1 aromatic rings. The van der Waals surface area contributed by atoms with E-state index in [1.807, 2.05) is 25.4 Å². The Morgan fingerprint density at radius 2 is 2.36 bits per heavy atom. The number of aromatic nitrogens is 1. The van der Waals surface area contributed by atoms with Gasteiger partial charge in [-0.1, -0.05) is 6.58 Å². The van der Waals surface area contributed by atoms with Crippen molar-refractivity contribution in [3.05, 3.63) is 36.2 Å². The molecule has 0 aromatic carbocycles. The van der Waals surface area contributed by atoms with Crippen LogP contribution < -0.4 is 10.6 Å². The maximum absolute atomic E-state index is 4.24. The SMILES string of the molecule is C=C(NCC)c1ccnc(CNC)c1. The van der Waals surface area contributed by atoms with Crippen LogP contribution in [0.5, 0.6) is 0 Å². The van der Waals surface area contributed by atoms with Crippen molar-refractivity contribution in [3.63, 3.8) is 0 Å². The topological polar surface area (TPSA) is 37.0 Å². The Balaban J connectivity index is 2.77. The van der Waals surface area contributed by atoms with Gasteiger partial charge in [-0.15, -0.1) is 0 Å². The number of rotatable bonds is 5. The van der Waals surface area contributed by atoms with Crippen molar-refractivity contribution in [1.82, 2.24) is 15.6 Å². The zero-order valence-electron chi connectivity index (χ0n) is 8.80. The zero-order valence-corrected chi connectivity index (χ0v) is 8.80. The Morgan fingerprint density at radius 1 is 1.57 bits per heavy atom. The summed E-state index contributed by atoms with van der Waals surface area (Å²) in [6.07, 6.45) is 1.81. The molecular weight excluding hydrogens is 174 g/mol. The van der Waals surface area contributed by atoms with Crippen LogP contribution in [0.1, 0.15) is 18.2 Å². The molecule has 0 saturated carbocycles. The average molecular weight is 191 g/mol. The van der Waals surface area contributed by atoms with Crippen LogP contribution >= 0.6 is 0 Å². The minimum absolute atomic E-state index is 0.785. The van der Waals surface area contributed by atoms with Crippen LogP contribution in [-0.4, -0.2) is 18.6 Å². The summed E-state index contributed by atoms with van der Waals surface area (Å²) in [5.74, 6) is 0.